The van der Waals surface area contributed by atoms with Crippen LogP contribution in [0.3, 0.4) is 0 Å². The van der Waals surface area contributed by atoms with Crippen molar-refractivity contribution in [3.05, 3.63) is 17.7 Å². The van der Waals surface area contributed by atoms with Gasteiger partial charge in [0.2, 0.25) is 5.75 Å². The van der Waals surface area contributed by atoms with E-state index in [-0.39, 0.29) is 11.9 Å². The minimum atomic E-state index is -0.129. The summed E-state index contributed by atoms with van der Waals surface area (Å²) in [6, 6.07) is 3.69. The van der Waals surface area contributed by atoms with E-state index in [4.69, 9.17) is 14.2 Å². The Hall–Kier alpha value is -1.46. The van der Waals surface area contributed by atoms with Crippen LogP contribution in [0.5, 0.6) is 17.2 Å². The van der Waals surface area contributed by atoms with Gasteiger partial charge in [0, 0.05) is 25.1 Å². The summed E-state index contributed by atoms with van der Waals surface area (Å²) >= 11 is 0. The van der Waals surface area contributed by atoms with Gasteiger partial charge in [0.05, 0.1) is 25.9 Å². The summed E-state index contributed by atoms with van der Waals surface area (Å²) in [5.74, 6) is 1.19. The fourth-order valence-corrected chi connectivity index (χ4v) is 2.26. The number of morpholine rings is 1. The van der Waals surface area contributed by atoms with Crippen molar-refractivity contribution in [2.75, 3.05) is 32.9 Å². The molecule has 2 aliphatic rings. The highest BCUT2D eigenvalue weighted by Crippen LogP contribution is 2.43. The maximum absolute atomic E-state index is 10.3. The molecular formula is C13H17NO4. The largest absolute Gasteiger partial charge is 0.504 e. The van der Waals surface area contributed by atoms with Crippen molar-refractivity contribution in [2.24, 2.45) is 0 Å². The number of fused-ring (bicyclic) bond motifs is 1. The molecule has 0 aromatic heterocycles. The van der Waals surface area contributed by atoms with Crippen molar-refractivity contribution in [3.63, 3.8) is 0 Å². The standard InChI is InChI=1S/C13H17NO4/c15-12-9(11-8-14-4-7-17-11)2-3-10-13(12)18-6-1-5-16-10/h2-3,11,14-15H,1,4-8H2. The normalized spacial score (nSPS) is 23.4. The van der Waals surface area contributed by atoms with Gasteiger partial charge in [-0.15, -0.1) is 0 Å². The lowest BCUT2D eigenvalue weighted by molar-refractivity contribution is 0.0260. The lowest BCUT2D eigenvalue weighted by Crippen LogP contribution is -2.33. The average molecular weight is 251 g/mol. The molecule has 0 amide bonds. The van der Waals surface area contributed by atoms with E-state index in [0.29, 0.717) is 37.9 Å². The Morgan fingerprint density at radius 2 is 2.06 bits per heavy atom. The third kappa shape index (κ3) is 2.11. The first-order valence-electron chi connectivity index (χ1n) is 6.30. The zero-order chi connectivity index (χ0) is 12.4. The lowest BCUT2D eigenvalue weighted by Gasteiger charge is -2.25. The van der Waals surface area contributed by atoms with E-state index in [2.05, 4.69) is 5.32 Å². The minimum Gasteiger partial charge on any atom is -0.504 e. The first-order chi connectivity index (χ1) is 8.86. The molecule has 2 heterocycles. The van der Waals surface area contributed by atoms with Gasteiger partial charge >= 0.3 is 0 Å². The summed E-state index contributed by atoms with van der Waals surface area (Å²) in [7, 11) is 0. The molecule has 1 fully saturated rings. The average Bonchev–Trinajstić information content (AvgIpc) is 2.66. The summed E-state index contributed by atoms with van der Waals surface area (Å²) in [4.78, 5) is 0. The molecule has 0 spiro atoms. The molecule has 98 valence electrons. The van der Waals surface area contributed by atoms with Crippen molar-refractivity contribution in [1.82, 2.24) is 5.32 Å². The van der Waals surface area contributed by atoms with Crippen molar-refractivity contribution >= 4 is 0 Å². The fourth-order valence-electron chi connectivity index (χ4n) is 2.26. The van der Waals surface area contributed by atoms with Crippen LogP contribution in [0, 0.1) is 0 Å². The van der Waals surface area contributed by atoms with Crippen molar-refractivity contribution in [3.8, 4) is 17.2 Å². The number of phenols is 1. The van der Waals surface area contributed by atoms with Crippen LogP contribution in [0.15, 0.2) is 12.1 Å². The first-order valence-corrected chi connectivity index (χ1v) is 6.30. The number of hydrogen-bond donors (Lipinski definition) is 2. The number of benzene rings is 1. The number of aromatic hydroxyl groups is 1. The molecule has 0 aliphatic carbocycles. The molecule has 1 atom stereocenters. The molecule has 0 bridgehead atoms. The summed E-state index contributed by atoms with van der Waals surface area (Å²) in [6.45, 7) is 3.38. The van der Waals surface area contributed by atoms with Crippen molar-refractivity contribution in [1.29, 1.82) is 0 Å². The molecule has 0 radical (unpaired) electrons. The second-order valence-corrected chi connectivity index (χ2v) is 4.44. The van der Waals surface area contributed by atoms with Crippen LogP contribution in [0.4, 0.5) is 0 Å². The van der Waals surface area contributed by atoms with Gasteiger partial charge in [0.1, 0.15) is 0 Å². The Kier molecular flexibility index (Phi) is 3.25. The van der Waals surface area contributed by atoms with E-state index in [9.17, 15) is 5.11 Å². The highest BCUT2D eigenvalue weighted by Gasteiger charge is 2.24. The zero-order valence-corrected chi connectivity index (χ0v) is 10.1. The van der Waals surface area contributed by atoms with Crippen LogP contribution in [0.1, 0.15) is 18.1 Å². The molecular weight excluding hydrogens is 234 g/mol. The molecule has 1 aromatic carbocycles. The highest BCUT2D eigenvalue weighted by atomic mass is 16.5. The number of hydrogen-bond acceptors (Lipinski definition) is 5. The SMILES string of the molecule is Oc1c(C2CNCCO2)ccc2c1OCCCO2. The Balaban J connectivity index is 1.93. The van der Waals surface area contributed by atoms with E-state index < -0.39 is 0 Å². The third-order valence-electron chi connectivity index (χ3n) is 3.19. The van der Waals surface area contributed by atoms with Crippen LogP contribution < -0.4 is 14.8 Å². The smallest absolute Gasteiger partial charge is 0.203 e. The predicted molar refractivity (Wildman–Crippen MR) is 65.3 cm³/mol. The van der Waals surface area contributed by atoms with Crippen molar-refractivity contribution in [2.45, 2.75) is 12.5 Å². The maximum atomic E-state index is 10.3. The summed E-state index contributed by atoms with van der Waals surface area (Å²) in [6.07, 6.45) is 0.696. The van der Waals surface area contributed by atoms with Crippen LogP contribution in [0.25, 0.3) is 0 Å². The Bertz CT molecular complexity index is 429. The molecule has 2 aliphatic heterocycles. The van der Waals surface area contributed by atoms with Crippen LogP contribution in [0.2, 0.25) is 0 Å². The highest BCUT2D eigenvalue weighted by molar-refractivity contribution is 5.56. The number of nitrogens with one attached hydrogen (secondary N) is 1. The molecule has 5 heteroatoms. The quantitative estimate of drug-likeness (QED) is 0.785. The maximum Gasteiger partial charge on any atom is 0.203 e. The molecule has 0 saturated carbocycles. The molecule has 1 unspecified atom stereocenters. The minimum absolute atomic E-state index is 0.129. The van der Waals surface area contributed by atoms with Crippen molar-refractivity contribution < 1.29 is 19.3 Å². The molecule has 18 heavy (non-hydrogen) atoms. The van der Waals surface area contributed by atoms with E-state index in [0.717, 1.165) is 18.5 Å². The van der Waals surface area contributed by atoms with Crippen LogP contribution >= 0.6 is 0 Å². The van der Waals surface area contributed by atoms with Crippen LogP contribution in [-0.4, -0.2) is 38.0 Å². The van der Waals surface area contributed by atoms with Gasteiger partial charge in [-0.3, -0.25) is 0 Å². The van der Waals surface area contributed by atoms with Gasteiger partial charge in [-0.1, -0.05) is 0 Å². The van der Waals surface area contributed by atoms with Gasteiger partial charge in [-0.05, 0) is 12.1 Å². The number of rotatable bonds is 1. The second-order valence-electron chi connectivity index (χ2n) is 4.44. The number of ether oxygens (including phenoxy) is 3. The van der Waals surface area contributed by atoms with Gasteiger partial charge < -0.3 is 24.6 Å². The van der Waals surface area contributed by atoms with E-state index in [1.165, 1.54) is 0 Å². The summed E-state index contributed by atoms with van der Waals surface area (Å²) in [5, 5.41) is 13.5. The van der Waals surface area contributed by atoms with Crippen LogP contribution in [-0.2, 0) is 4.74 Å². The molecule has 5 nitrogen and oxygen atoms in total. The van der Waals surface area contributed by atoms with Gasteiger partial charge in [0.25, 0.3) is 0 Å². The molecule has 1 saturated heterocycles. The first kappa shape index (κ1) is 11.6. The number of phenolic OH excluding ortho intramolecular Hbond substituents is 1. The molecule has 3 rings (SSSR count). The lowest BCUT2D eigenvalue weighted by atomic mass is 10.1. The van der Waals surface area contributed by atoms with Gasteiger partial charge in [0.15, 0.2) is 11.5 Å². The summed E-state index contributed by atoms with van der Waals surface area (Å²) in [5.41, 5.74) is 0.756. The molecule has 1 aromatic rings. The summed E-state index contributed by atoms with van der Waals surface area (Å²) < 4.78 is 16.7. The van der Waals surface area contributed by atoms with Gasteiger partial charge in [-0.25, -0.2) is 0 Å². The third-order valence-corrected chi connectivity index (χ3v) is 3.19. The van der Waals surface area contributed by atoms with E-state index in [1.807, 2.05) is 12.1 Å². The second kappa shape index (κ2) is 5.04. The van der Waals surface area contributed by atoms with E-state index in [1.54, 1.807) is 0 Å². The zero-order valence-electron chi connectivity index (χ0n) is 10.1. The Morgan fingerprint density at radius 1 is 1.17 bits per heavy atom. The monoisotopic (exact) mass is 251 g/mol. The Labute approximate surface area is 106 Å². The Morgan fingerprint density at radius 3 is 2.89 bits per heavy atom. The molecule has 2 N–H and O–H groups in total. The van der Waals surface area contributed by atoms with Gasteiger partial charge in [-0.2, -0.15) is 0 Å². The topological polar surface area (TPSA) is 60.0 Å². The van der Waals surface area contributed by atoms with E-state index >= 15 is 0 Å². The fraction of sp³-hybridized carbons (Fsp3) is 0.538. The predicted octanol–water partition coefficient (Wildman–Crippen LogP) is 1.21.